The fourth-order valence-corrected chi connectivity index (χ4v) is 19.8. The van der Waals surface area contributed by atoms with Crippen LogP contribution in [0.15, 0.2) is 30.3 Å². The number of β-amino-alcohol motifs (C(OH)–C–C–N with tert-alkyl or cyclic N) is 1. The predicted octanol–water partition coefficient (Wildman–Crippen LogP) is 6.42. The van der Waals surface area contributed by atoms with Crippen LogP contribution in [0.1, 0.15) is 65.7 Å². The van der Waals surface area contributed by atoms with E-state index in [1.807, 2.05) is 12.1 Å². The SMILES string of the molecule is CCC[CH2][Sn]([CH2]CCC)([CH2]CCC)[c]1nc(-c2ccc(Cl)cc2)cc(N2CCC(O)C2)n1. The molecule has 1 aromatic heterocycles. The maximum atomic E-state index is 10.2. The third-order valence-corrected chi connectivity index (χ3v) is 21.7. The Hall–Kier alpha value is -0.851. The molecule has 0 amide bonds. The molecule has 3 rings (SSSR count). The third kappa shape index (κ3) is 6.60. The standard InChI is InChI=1S/C14H13ClN3O.3C4H9.Sn/c15-11-3-1-10(2-4-11)13-7-14(17-9-16-13)18-6-5-12(19)8-18;3*1-3-4-2;/h1-4,7,12,19H,5-6,8H2;3*1,3-4H2,2H3;. The van der Waals surface area contributed by atoms with E-state index in [1.165, 1.54) is 55.7 Å². The Morgan fingerprint density at radius 1 is 0.969 bits per heavy atom. The number of aliphatic hydroxyl groups is 1. The van der Waals surface area contributed by atoms with Gasteiger partial charge in [0, 0.05) is 0 Å². The van der Waals surface area contributed by atoms with Crippen LogP contribution in [0.3, 0.4) is 0 Å². The van der Waals surface area contributed by atoms with Crippen molar-refractivity contribution >= 4 is 39.6 Å². The summed E-state index contributed by atoms with van der Waals surface area (Å²) in [6.45, 7) is 8.44. The number of rotatable bonds is 12. The average Bonchev–Trinajstić information content (AvgIpc) is 3.25. The van der Waals surface area contributed by atoms with E-state index in [0.717, 1.165) is 35.1 Å². The van der Waals surface area contributed by atoms with Crippen LogP contribution in [-0.4, -0.2) is 52.6 Å². The Labute approximate surface area is 203 Å². The van der Waals surface area contributed by atoms with Crippen molar-refractivity contribution in [1.82, 2.24) is 9.97 Å². The Balaban J connectivity index is 2.12. The van der Waals surface area contributed by atoms with Crippen LogP contribution in [0.5, 0.6) is 0 Å². The molecule has 0 radical (unpaired) electrons. The van der Waals surface area contributed by atoms with Gasteiger partial charge in [0.15, 0.2) is 0 Å². The Kier molecular flexibility index (Phi) is 10.1. The second-order valence-corrected chi connectivity index (χ2v) is 22.7. The van der Waals surface area contributed by atoms with E-state index in [9.17, 15) is 5.11 Å². The molecule has 1 N–H and O–H groups in total. The zero-order valence-corrected chi connectivity index (χ0v) is 23.7. The number of aromatic nitrogens is 2. The number of hydrogen-bond donors (Lipinski definition) is 1. The molecule has 1 aliphatic heterocycles. The van der Waals surface area contributed by atoms with Crippen molar-refractivity contribution in [2.75, 3.05) is 18.0 Å². The normalized spacial score (nSPS) is 16.7. The van der Waals surface area contributed by atoms with Crippen LogP contribution in [0.2, 0.25) is 18.3 Å². The monoisotopic (exact) mass is 565 g/mol. The Bertz CT molecular complexity index is 824. The first-order chi connectivity index (χ1) is 15.5. The molecule has 1 fully saturated rings. The molecule has 2 heterocycles. The second-order valence-electron chi connectivity index (χ2n) is 9.42. The van der Waals surface area contributed by atoms with Gasteiger partial charge in [0.2, 0.25) is 0 Å². The molecule has 0 bridgehead atoms. The van der Waals surface area contributed by atoms with Crippen LogP contribution >= 0.6 is 11.6 Å². The molecule has 2 aromatic rings. The van der Waals surface area contributed by atoms with Crippen LogP contribution in [0.25, 0.3) is 11.3 Å². The summed E-state index contributed by atoms with van der Waals surface area (Å²) in [5, 5.41) is 10.9. The number of hydrogen-bond acceptors (Lipinski definition) is 4. The maximum absolute atomic E-state index is 10.2. The molecule has 4 nitrogen and oxygen atoms in total. The number of halogens is 1. The molecule has 1 saturated heterocycles. The summed E-state index contributed by atoms with van der Waals surface area (Å²) in [6, 6.07) is 10.1. The summed E-state index contributed by atoms with van der Waals surface area (Å²) in [7, 11) is 0. The summed E-state index contributed by atoms with van der Waals surface area (Å²) < 4.78 is 5.24. The fourth-order valence-electron chi connectivity index (χ4n) is 4.81. The van der Waals surface area contributed by atoms with E-state index in [1.54, 1.807) is 0 Å². The minimum atomic E-state index is -2.80. The van der Waals surface area contributed by atoms with Gasteiger partial charge in [-0.1, -0.05) is 0 Å². The molecule has 176 valence electrons. The molecule has 6 heteroatoms. The molecule has 1 aromatic carbocycles. The van der Waals surface area contributed by atoms with Gasteiger partial charge in [0.05, 0.1) is 0 Å². The van der Waals surface area contributed by atoms with Crippen molar-refractivity contribution in [2.45, 2.75) is 85.1 Å². The van der Waals surface area contributed by atoms with E-state index in [4.69, 9.17) is 21.6 Å². The van der Waals surface area contributed by atoms with E-state index in [2.05, 4.69) is 43.9 Å². The molecule has 1 atom stereocenters. The van der Waals surface area contributed by atoms with Crippen molar-refractivity contribution in [3.8, 4) is 11.3 Å². The topological polar surface area (TPSA) is 49.2 Å². The van der Waals surface area contributed by atoms with Gasteiger partial charge in [-0.05, 0) is 0 Å². The van der Waals surface area contributed by atoms with Gasteiger partial charge in [-0.2, -0.15) is 0 Å². The molecule has 0 saturated carbocycles. The van der Waals surface area contributed by atoms with Gasteiger partial charge in [0.1, 0.15) is 0 Å². The van der Waals surface area contributed by atoms with Crippen LogP contribution < -0.4 is 8.74 Å². The first kappa shape index (κ1) is 25.8. The average molecular weight is 565 g/mol. The first-order valence-electron chi connectivity index (χ1n) is 12.6. The predicted molar refractivity (Wildman–Crippen MR) is 140 cm³/mol. The summed E-state index contributed by atoms with van der Waals surface area (Å²) in [5.41, 5.74) is 2.11. The number of nitrogens with zero attached hydrogens (tertiary/aromatic N) is 3. The van der Waals surface area contributed by atoms with Gasteiger partial charge >= 0.3 is 204 Å². The zero-order chi connectivity index (χ0) is 23.0. The van der Waals surface area contributed by atoms with E-state index in [0.29, 0.717) is 6.54 Å². The molecule has 0 aliphatic carbocycles. The van der Waals surface area contributed by atoms with Crippen LogP contribution in [-0.2, 0) is 0 Å². The number of aliphatic hydroxyl groups excluding tert-OH is 1. The molecule has 1 unspecified atom stereocenters. The molecule has 0 spiro atoms. The molecular formula is C26H40ClN3OSn. The van der Waals surface area contributed by atoms with Gasteiger partial charge < -0.3 is 0 Å². The van der Waals surface area contributed by atoms with Crippen molar-refractivity contribution in [2.24, 2.45) is 0 Å². The van der Waals surface area contributed by atoms with E-state index < -0.39 is 18.4 Å². The summed E-state index contributed by atoms with van der Waals surface area (Å²) in [4.78, 5) is 12.9. The van der Waals surface area contributed by atoms with Crippen molar-refractivity contribution in [3.05, 3.63) is 35.4 Å². The fraction of sp³-hybridized carbons (Fsp3) is 0.615. The zero-order valence-electron chi connectivity index (χ0n) is 20.1. The van der Waals surface area contributed by atoms with E-state index in [-0.39, 0.29) is 6.10 Å². The van der Waals surface area contributed by atoms with Crippen LogP contribution in [0.4, 0.5) is 5.82 Å². The second kappa shape index (κ2) is 12.6. The quantitative estimate of drug-likeness (QED) is 0.302. The summed E-state index contributed by atoms with van der Waals surface area (Å²) >= 11 is 3.37. The number of unbranched alkanes of at least 4 members (excludes halogenated alkanes) is 3. The Morgan fingerprint density at radius 2 is 1.56 bits per heavy atom. The van der Waals surface area contributed by atoms with Gasteiger partial charge in [-0.15, -0.1) is 0 Å². The number of benzene rings is 1. The van der Waals surface area contributed by atoms with E-state index >= 15 is 0 Å². The van der Waals surface area contributed by atoms with Crippen molar-refractivity contribution < 1.29 is 5.11 Å². The third-order valence-electron chi connectivity index (χ3n) is 6.84. The number of anilines is 1. The molecule has 1 aliphatic rings. The van der Waals surface area contributed by atoms with Crippen LogP contribution in [0, 0.1) is 0 Å². The molecular weight excluding hydrogens is 524 g/mol. The Morgan fingerprint density at radius 3 is 2.06 bits per heavy atom. The van der Waals surface area contributed by atoms with Crippen molar-refractivity contribution in [3.63, 3.8) is 0 Å². The molecule has 32 heavy (non-hydrogen) atoms. The minimum absolute atomic E-state index is 0.263. The van der Waals surface area contributed by atoms with Gasteiger partial charge in [0.25, 0.3) is 0 Å². The van der Waals surface area contributed by atoms with Crippen molar-refractivity contribution in [1.29, 1.82) is 0 Å². The summed E-state index contributed by atoms with van der Waals surface area (Å²) in [6.07, 6.45) is 8.12. The van der Waals surface area contributed by atoms with Gasteiger partial charge in [-0.25, -0.2) is 0 Å². The van der Waals surface area contributed by atoms with Gasteiger partial charge in [-0.3, -0.25) is 0 Å². The summed E-state index contributed by atoms with van der Waals surface area (Å²) in [5.74, 6) is 1.00. The first-order valence-corrected chi connectivity index (χ1v) is 20.5.